The van der Waals surface area contributed by atoms with Gasteiger partial charge in [-0.05, 0) is 40.5 Å². The van der Waals surface area contributed by atoms with Crippen LogP contribution in [-0.2, 0) is 0 Å². The fourth-order valence-electron chi connectivity index (χ4n) is 6.49. The lowest BCUT2D eigenvalue weighted by atomic mass is 10.00. The van der Waals surface area contributed by atoms with E-state index in [1.807, 2.05) is 72.8 Å². The van der Waals surface area contributed by atoms with Gasteiger partial charge in [0.2, 0.25) is 0 Å². The number of fused-ring (bicyclic) bond motifs is 1. The molecular formula is C47H31N5. The molecule has 0 aliphatic rings. The molecule has 7 aromatic carbocycles. The highest BCUT2D eigenvalue weighted by Crippen LogP contribution is 2.33. The van der Waals surface area contributed by atoms with Crippen molar-refractivity contribution in [2.75, 3.05) is 0 Å². The maximum absolute atomic E-state index is 5.10. The molecule has 0 N–H and O–H groups in total. The number of para-hydroxylation sites is 1. The summed E-state index contributed by atoms with van der Waals surface area (Å²) in [6.45, 7) is 0. The predicted octanol–water partition coefficient (Wildman–Crippen LogP) is 11.5. The van der Waals surface area contributed by atoms with Crippen LogP contribution >= 0.6 is 0 Å². The van der Waals surface area contributed by atoms with Gasteiger partial charge in [-0.2, -0.15) is 0 Å². The first kappa shape index (κ1) is 30.9. The van der Waals surface area contributed by atoms with E-state index in [0.29, 0.717) is 23.3 Å². The minimum absolute atomic E-state index is 0.611. The Morgan fingerprint density at radius 3 is 1.21 bits per heavy atom. The Kier molecular flexibility index (Phi) is 8.12. The highest BCUT2D eigenvalue weighted by Gasteiger charge is 2.15. The van der Waals surface area contributed by atoms with E-state index in [-0.39, 0.29) is 0 Å². The number of aromatic nitrogens is 5. The van der Waals surface area contributed by atoms with Crippen LogP contribution in [0, 0.1) is 0 Å². The second-order valence-electron chi connectivity index (χ2n) is 12.6. The molecule has 5 nitrogen and oxygen atoms in total. The van der Waals surface area contributed by atoms with Gasteiger partial charge in [-0.3, -0.25) is 0 Å². The highest BCUT2D eigenvalue weighted by atomic mass is 15.0. The maximum Gasteiger partial charge on any atom is 0.164 e. The topological polar surface area (TPSA) is 64.5 Å². The van der Waals surface area contributed by atoms with Gasteiger partial charge in [-0.1, -0.05) is 170 Å². The quantitative estimate of drug-likeness (QED) is 0.169. The SMILES string of the molecule is c1ccc(-c2ccc(-c3nc(-c4ccccc4)nc(-c4cccc(-c5cccc(-c6nc(-c7ccccc7)c7ccccc7n6)c5)c4)n3)cc2)cc1. The van der Waals surface area contributed by atoms with Crippen molar-refractivity contribution in [1.82, 2.24) is 24.9 Å². The summed E-state index contributed by atoms with van der Waals surface area (Å²) in [5.74, 6) is 2.55. The number of rotatable bonds is 7. The standard InChI is InChI=1S/C47H31N5/c1-4-14-32(15-5-1)33-26-28-36(29-27-33)45-50-44(35-18-8-3-9-19-35)51-47(52-45)40-23-13-21-38(31-40)37-20-12-22-39(30-37)46-48-42-25-11-10-24-41(42)43(49-46)34-16-6-2-7-17-34/h1-31H. The molecule has 0 aliphatic carbocycles. The molecule has 0 radical (unpaired) electrons. The second kappa shape index (κ2) is 13.7. The number of hydrogen-bond acceptors (Lipinski definition) is 5. The van der Waals surface area contributed by atoms with Gasteiger partial charge in [0, 0.05) is 33.2 Å². The Morgan fingerprint density at radius 1 is 0.231 bits per heavy atom. The molecule has 244 valence electrons. The average Bonchev–Trinajstić information content (AvgIpc) is 3.24. The first-order valence-electron chi connectivity index (χ1n) is 17.3. The van der Waals surface area contributed by atoms with E-state index in [1.54, 1.807) is 0 Å². The minimum Gasteiger partial charge on any atom is -0.228 e. The summed E-state index contributed by atoms with van der Waals surface area (Å²) in [5, 5.41) is 1.03. The van der Waals surface area contributed by atoms with Crippen molar-refractivity contribution in [1.29, 1.82) is 0 Å². The molecular weight excluding hydrogens is 635 g/mol. The van der Waals surface area contributed by atoms with E-state index in [2.05, 4.69) is 115 Å². The Morgan fingerprint density at radius 2 is 0.615 bits per heavy atom. The smallest absolute Gasteiger partial charge is 0.164 e. The molecule has 0 spiro atoms. The molecule has 0 bridgehead atoms. The number of nitrogens with zero attached hydrogens (tertiary/aromatic N) is 5. The molecule has 0 aliphatic heterocycles. The minimum atomic E-state index is 0.611. The van der Waals surface area contributed by atoms with Crippen molar-refractivity contribution in [3.8, 4) is 79.1 Å². The van der Waals surface area contributed by atoms with Gasteiger partial charge in [0.05, 0.1) is 11.2 Å². The summed E-state index contributed by atoms with van der Waals surface area (Å²) in [7, 11) is 0. The molecule has 0 unspecified atom stereocenters. The van der Waals surface area contributed by atoms with Crippen LogP contribution in [0.4, 0.5) is 0 Å². The van der Waals surface area contributed by atoms with Crippen molar-refractivity contribution in [2.45, 2.75) is 0 Å². The van der Waals surface area contributed by atoms with Gasteiger partial charge in [-0.25, -0.2) is 24.9 Å². The lowest BCUT2D eigenvalue weighted by Gasteiger charge is -2.11. The fraction of sp³-hybridized carbons (Fsp3) is 0. The van der Waals surface area contributed by atoms with Crippen molar-refractivity contribution < 1.29 is 0 Å². The molecule has 9 aromatic rings. The Hall–Kier alpha value is -7.11. The van der Waals surface area contributed by atoms with Crippen LogP contribution < -0.4 is 0 Å². The maximum atomic E-state index is 5.10. The summed E-state index contributed by atoms with van der Waals surface area (Å²) in [5.41, 5.74) is 11.0. The molecule has 0 atom stereocenters. The molecule has 2 aromatic heterocycles. The normalized spacial score (nSPS) is 11.1. The van der Waals surface area contributed by atoms with E-state index >= 15 is 0 Å². The van der Waals surface area contributed by atoms with Gasteiger partial charge < -0.3 is 0 Å². The van der Waals surface area contributed by atoms with E-state index in [1.165, 1.54) is 5.56 Å². The number of benzene rings is 7. The van der Waals surface area contributed by atoms with Crippen LogP contribution in [-0.4, -0.2) is 24.9 Å². The van der Waals surface area contributed by atoms with Gasteiger partial charge in [-0.15, -0.1) is 0 Å². The van der Waals surface area contributed by atoms with Crippen molar-refractivity contribution in [3.05, 3.63) is 188 Å². The molecule has 0 saturated carbocycles. The van der Waals surface area contributed by atoms with Crippen molar-refractivity contribution >= 4 is 10.9 Å². The highest BCUT2D eigenvalue weighted by molar-refractivity contribution is 5.93. The van der Waals surface area contributed by atoms with Crippen molar-refractivity contribution in [3.63, 3.8) is 0 Å². The summed E-state index contributed by atoms with van der Waals surface area (Å²) < 4.78 is 0. The largest absolute Gasteiger partial charge is 0.228 e. The lowest BCUT2D eigenvalue weighted by Crippen LogP contribution is -2.00. The van der Waals surface area contributed by atoms with Crippen molar-refractivity contribution in [2.24, 2.45) is 0 Å². The third-order valence-electron chi connectivity index (χ3n) is 9.14. The van der Waals surface area contributed by atoms with Crippen LogP contribution in [0.2, 0.25) is 0 Å². The van der Waals surface area contributed by atoms with Gasteiger partial charge in [0.1, 0.15) is 0 Å². The summed E-state index contributed by atoms with van der Waals surface area (Å²) in [6.07, 6.45) is 0. The number of hydrogen-bond donors (Lipinski definition) is 0. The van der Waals surface area contributed by atoms with Crippen LogP contribution in [0.15, 0.2) is 188 Å². The van der Waals surface area contributed by atoms with Crippen LogP contribution in [0.5, 0.6) is 0 Å². The summed E-state index contributed by atoms with van der Waals surface area (Å²) >= 11 is 0. The van der Waals surface area contributed by atoms with Gasteiger partial charge >= 0.3 is 0 Å². The predicted molar refractivity (Wildman–Crippen MR) is 211 cm³/mol. The molecule has 0 saturated heterocycles. The zero-order valence-electron chi connectivity index (χ0n) is 28.1. The molecule has 0 amide bonds. The second-order valence-corrected chi connectivity index (χ2v) is 12.6. The first-order valence-corrected chi connectivity index (χ1v) is 17.3. The molecule has 9 rings (SSSR count). The van der Waals surface area contributed by atoms with Crippen LogP contribution in [0.25, 0.3) is 90.0 Å². The van der Waals surface area contributed by atoms with Gasteiger partial charge in [0.25, 0.3) is 0 Å². The zero-order valence-corrected chi connectivity index (χ0v) is 28.1. The Balaban J connectivity index is 1.11. The van der Waals surface area contributed by atoms with E-state index < -0.39 is 0 Å². The lowest BCUT2D eigenvalue weighted by molar-refractivity contribution is 1.07. The third kappa shape index (κ3) is 6.23. The first-order chi connectivity index (χ1) is 25.7. The summed E-state index contributed by atoms with van der Waals surface area (Å²) in [4.78, 5) is 25.1. The van der Waals surface area contributed by atoms with E-state index in [4.69, 9.17) is 24.9 Å². The molecule has 5 heteroatoms. The van der Waals surface area contributed by atoms with E-state index in [9.17, 15) is 0 Å². The Labute approximate surface area is 302 Å². The molecule has 52 heavy (non-hydrogen) atoms. The van der Waals surface area contributed by atoms with E-state index in [0.717, 1.165) is 61.1 Å². The van der Waals surface area contributed by atoms with Crippen LogP contribution in [0.3, 0.4) is 0 Å². The zero-order chi connectivity index (χ0) is 34.7. The fourth-order valence-corrected chi connectivity index (χ4v) is 6.49. The van der Waals surface area contributed by atoms with Gasteiger partial charge in [0.15, 0.2) is 23.3 Å². The monoisotopic (exact) mass is 665 g/mol. The van der Waals surface area contributed by atoms with Crippen LogP contribution in [0.1, 0.15) is 0 Å². The molecule has 0 fully saturated rings. The average molecular weight is 666 g/mol. The Bertz CT molecular complexity index is 2660. The third-order valence-corrected chi connectivity index (χ3v) is 9.14. The summed E-state index contributed by atoms with van der Waals surface area (Å²) in [6, 6.07) is 64.1. The molecule has 2 heterocycles.